The van der Waals surface area contributed by atoms with Crippen molar-refractivity contribution in [2.24, 2.45) is 5.92 Å². The molecule has 0 saturated carbocycles. The molecule has 0 radical (unpaired) electrons. The zero-order valence-electron chi connectivity index (χ0n) is 12.2. The lowest BCUT2D eigenvalue weighted by Crippen LogP contribution is -2.12. The van der Waals surface area contributed by atoms with E-state index in [1.807, 2.05) is 18.2 Å². The number of benzene rings is 1. The fraction of sp³-hybridized carbons (Fsp3) is 0.375. The summed E-state index contributed by atoms with van der Waals surface area (Å²) in [6, 6.07) is 7.31. The molecule has 1 aromatic carbocycles. The van der Waals surface area contributed by atoms with Crippen LogP contribution in [0.5, 0.6) is 5.75 Å². The molecule has 1 heterocycles. The lowest BCUT2D eigenvalue weighted by molar-refractivity contribution is 0.0678. The Hall–Kier alpha value is -2.14. The molecule has 0 fully saturated rings. The molecule has 5 heteroatoms. The number of aromatic carboxylic acids is 1. The third-order valence-corrected chi connectivity index (χ3v) is 2.88. The van der Waals surface area contributed by atoms with Crippen LogP contribution >= 0.6 is 0 Å². The van der Waals surface area contributed by atoms with Crippen LogP contribution in [0.15, 0.2) is 30.5 Å². The molecule has 0 aliphatic rings. The number of pyridine rings is 1. The molecule has 1 aromatic heterocycles. The number of para-hydroxylation sites is 1. The summed E-state index contributed by atoms with van der Waals surface area (Å²) >= 11 is 0. The van der Waals surface area contributed by atoms with Crippen LogP contribution in [0.1, 0.15) is 24.2 Å². The fourth-order valence-corrected chi connectivity index (χ4v) is 1.95. The Morgan fingerprint density at radius 2 is 2.05 bits per heavy atom. The van der Waals surface area contributed by atoms with Crippen molar-refractivity contribution in [2.75, 3.05) is 19.8 Å². The van der Waals surface area contributed by atoms with Crippen LogP contribution in [-0.4, -0.2) is 35.9 Å². The molecule has 5 nitrogen and oxygen atoms in total. The standard InChI is InChI=1S/C16H19NO4/c1-11(2)10-20-7-8-21-15-12-5-3-4-6-14(12)17-9-13(15)16(18)19/h3-6,9,11H,7-8,10H2,1-2H3,(H,18,19). The minimum absolute atomic E-state index is 0.0672. The van der Waals surface area contributed by atoms with Gasteiger partial charge in [0.2, 0.25) is 0 Å². The lowest BCUT2D eigenvalue weighted by atomic mass is 10.1. The average molecular weight is 289 g/mol. The molecule has 0 atom stereocenters. The molecule has 0 bridgehead atoms. The van der Waals surface area contributed by atoms with Crippen LogP contribution in [0, 0.1) is 5.92 Å². The van der Waals surface area contributed by atoms with Gasteiger partial charge in [-0.3, -0.25) is 4.98 Å². The van der Waals surface area contributed by atoms with Gasteiger partial charge in [-0.25, -0.2) is 4.79 Å². The van der Waals surface area contributed by atoms with Gasteiger partial charge in [0.05, 0.1) is 12.1 Å². The van der Waals surface area contributed by atoms with Gasteiger partial charge >= 0.3 is 5.97 Å². The molecular formula is C16H19NO4. The van der Waals surface area contributed by atoms with Gasteiger partial charge < -0.3 is 14.6 Å². The summed E-state index contributed by atoms with van der Waals surface area (Å²) < 4.78 is 11.1. The summed E-state index contributed by atoms with van der Waals surface area (Å²) in [5.41, 5.74) is 0.776. The maximum atomic E-state index is 11.3. The number of hydrogen-bond donors (Lipinski definition) is 1. The number of rotatable bonds is 7. The summed E-state index contributed by atoms with van der Waals surface area (Å²) in [5, 5.41) is 9.94. The summed E-state index contributed by atoms with van der Waals surface area (Å²) in [6.07, 6.45) is 1.33. The summed E-state index contributed by atoms with van der Waals surface area (Å²) in [4.78, 5) is 15.4. The number of nitrogens with zero attached hydrogens (tertiary/aromatic N) is 1. The lowest BCUT2D eigenvalue weighted by Gasteiger charge is -2.12. The van der Waals surface area contributed by atoms with Gasteiger partial charge in [-0.05, 0) is 18.1 Å². The predicted molar refractivity (Wildman–Crippen MR) is 79.9 cm³/mol. The van der Waals surface area contributed by atoms with E-state index in [1.165, 1.54) is 6.20 Å². The highest BCUT2D eigenvalue weighted by Gasteiger charge is 2.15. The average Bonchev–Trinajstić information content (AvgIpc) is 2.46. The highest BCUT2D eigenvalue weighted by molar-refractivity contribution is 5.98. The van der Waals surface area contributed by atoms with Gasteiger partial charge in [0.1, 0.15) is 17.9 Å². The van der Waals surface area contributed by atoms with Crippen LogP contribution < -0.4 is 4.74 Å². The summed E-state index contributed by atoms with van der Waals surface area (Å²) in [7, 11) is 0. The third kappa shape index (κ3) is 3.92. The minimum atomic E-state index is -1.05. The highest BCUT2D eigenvalue weighted by Crippen LogP contribution is 2.28. The van der Waals surface area contributed by atoms with Crippen LogP contribution in [0.2, 0.25) is 0 Å². The minimum Gasteiger partial charge on any atom is -0.490 e. The van der Waals surface area contributed by atoms with Crippen molar-refractivity contribution in [1.82, 2.24) is 4.98 Å². The molecule has 0 amide bonds. The first-order valence-electron chi connectivity index (χ1n) is 6.91. The first-order chi connectivity index (χ1) is 10.1. The van der Waals surface area contributed by atoms with E-state index in [0.717, 1.165) is 0 Å². The monoisotopic (exact) mass is 289 g/mol. The molecule has 0 saturated heterocycles. The topological polar surface area (TPSA) is 68.7 Å². The zero-order chi connectivity index (χ0) is 15.2. The highest BCUT2D eigenvalue weighted by atomic mass is 16.5. The van der Waals surface area contributed by atoms with E-state index in [9.17, 15) is 9.90 Å². The van der Waals surface area contributed by atoms with Crippen molar-refractivity contribution in [3.63, 3.8) is 0 Å². The van der Waals surface area contributed by atoms with Gasteiger partial charge in [-0.15, -0.1) is 0 Å². The van der Waals surface area contributed by atoms with Gasteiger partial charge in [0, 0.05) is 18.2 Å². The quantitative estimate of drug-likeness (QED) is 0.794. The molecule has 21 heavy (non-hydrogen) atoms. The summed E-state index contributed by atoms with van der Waals surface area (Å²) in [6.45, 7) is 5.53. The fourth-order valence-electron chi connectivity index (χ4n) is 1.95. The van der Waals surface area contributed by atoms with Crippen LogP contribution in [0.4, 0.5) is 0 Å². The second-order valence-corrected chi connectivity index (χ2v) is 5.14. The normalized spacial score (nSPS) is 11.0. The van der Waals surface area contributed by atoms with E-state index in [1.54, 1.807) is 6.07 Å². The van der Waals surface area contributed by atoms with Crippen molar-refractivity contribution >= 4 is 16.9 Å². The second-order valence-electron chi connectivity index (χ2n) is 5.14. The maximum absolute atomic E-state index is 11.3. The Morgan fingerprint density at radius 1 is 1.29 bits per heavy atom. The van der Waals surface area contributed by atoms with Crippen molar-refractivity contribution in [2.45, 2.75) is 13.8 Å². The van der Waals surface area contributed by atoms with E-state index >= 15 is 0 Å². The largest absolute Gasteiger partial charge is 0.490 e. The SMILES string of the molecule is CC(C)COCCOc1c(C(=O)O)cnc2ccccc12. The number of fused-ring (bicyclic) bond motifs is 1. The molecule has 112 valence electrons. The van der Waals surface area contributed by atoms with Gasteiger partial charge in [0.15, 0.2) is 0 Å². The number of carboxylic acid groups (broad SMARTS) is 1. The molecule has 0 unspecified atom stereocenters. The maximum Gasteiger partial charge on any atom is 0.341 e. The number of carboxylic acids is 1. The van der Waals surface area contributed by atoms with Gasteiger partial charge in [-0.2, -0.15) is 0 Å². The first kappa shape index (κ1) is 15.3. The van der Waals surface area contributed by atoms with E-state index in [2.05, 4.69) is 18.8 Å². The van der Waals surface area contributed by atoms with Crippen LogP contribution in [-0.2, 0) is 4.74 Å². The second kappa shape index (κ2) is 7.04. The Labute approximate surface area is 123 Å². The molecule has 0 aliphatic carbocycles. The van der Waals surface area contributed by atoms with Gasteiger partial charge in [0.25, 0.3) is 0 Å². The van der Waals surface area contributed by atoms with E-state index in [-0.39, 0.29) is 5.56 Å². The Morgan fingerprint density at radius 3 is 2.76 bits per heavy atom. The number of hydrogen-bond acceptors (Lipinski definition) is 4. The van der Waals surface area contributed by atoms with E-state index in [4.69, 9.17) is 9.47 Å². The van der Waals surface area contributed by atoms with Crippen molar-refractivity contribution in [1.29, 1.82) is 0 Å². The molecule has 1 N–H and O–H groups in total. The molecule has 0 aliphatic heterocycles. The third-order valence-electron chi connectivity index (χ3n) is 2.88. The zero-order valence-corrected chi connectivity index (χ0v) is 12.2. The van der Waals surface area contributed by atoms with E-state index in [0.29, 0.717) is 42.4 Å². The molecule has 0 spiro atoms. The van der Waals surface area contributed by atoms with Crippen LogP contribution in [0.25, 0.3) is 10.9 Å². The predicted octanol–water partition coefficient (Wildman–Crippen LogP) is 2.98. The smallest absolute Gasteiger partial charge is 0.341 e. The van der Waals surface area contributed by atoms with Crippen molar-refractivity contribution in [3.05, 3.63) is 36.0 Å². The Kier molecular flexibility index (Phi) is 5.11. The van der Waals surface area contributed by atoms with Crippen molar-refractivity contribution < 1.29 is 19.4 Å². The first-order valence-corrected chi connectivity index (χ1v) is 6.91. The summed E-state index contributed by atoms with van der Waals surface area (Å²) in [5.74, 6) is -0.242. The number of carbonyl (C=O) groups is 1. The molecule has 2 rings (SSSR count). The number of ether oxygens (including phenoxy) is 2. The van der Waals surface area contributed by atoms with Crippen molar-refractivity contribution in [3.8, 4) is 5.75 Å². The van der Waals surface area contributed by atoms with Gasteiger partial charge in [-0.1, -0.05) is 26.0 Å². The Bertz CT molecular complexity index is 625. The van der Waals surface area contributed by atoms with E-state index < -0.39 is 5.97 Å². The number of aromatic nitrogens is 1. The molecular weight excluding hydrogens is 270 g/mol. The Balaban J connectivity index is 2.16. The molecule has 2 aromatic rings. The van der Waals surface area contributed by atoms with Crippen LogP contribution in [0.3, 0.4) is 0 Å².